The maximum atomic E-state index is 5.50. The Kier molecular flexibility index (Phi) is 3.38. The molecule has 0 aromatic carbocycles. The van der Waals surface area contributed by atoms with Gasteiger partial charge in [-0.1, -0.05) is 6.07 Å². The summed E-state index contributed by atoms with van der Waals surface area (Å²) in [5.74, 6) is 1.78. The van der Waals surface area contributed by atoms with Crippen molar-refractivity contribution in [3.63, 3.8) is 0 Å². The van der Waals surface area contributed by atoms with Crippen LogP contribution in [0.2, 0.25) is 0 Å². The topological polar surface area (TPSA) is 46.2 Å². The van der Waals surface area contributed by atoms with Crippen molar-refractivity contribution in [1.29, 1.82) is 0 Å². The van der Waals surface area contributed by atoms with E-state index in [1.54, 1.807) is 0 Å². The van der Waals surface area contributed by atoms with Gasteiger partial charge in [0.15, 0.2) is 0 Å². The zero-order valence-electron chi connectivity index (χ0n) is 12.9. The first-order valence-electron chi connectivity index (χ1n) is 8.33. The molecule has 0 aliphatic carbocycles. The molecule has 21 heavy (non-hydrogen) atoms. The molecule has 4 rings (SSSR count). The first kappa shape index (κ1) is 13.5. The predicted molar refractivity (Wildman–Crippen MR) is 83.9 cm³/mol. The second-order valence-corrected chi connectivity index (χ2v) is 6.89. The summed E-state index contributed by atoms with van der Waals surface area (Å²) in [6.07, 6.45) is 5.89. The predicted octanol–water partition coefficient (Wildman–Crippen LogP) is 2.37. The van der Waals surface area contributed by atoms with E-state index >= 15 is 0 Å². The van der Waals surface area contributed by atoms with Gasteiger partial charge in [0.2, 0.25) is 0 Å². The van der Waals surface area contributed by atoms with E-state index in [0.29, 0.717) is 5.92 Å². The van der Waals surface area contributed by atoms with Crippen LogP contribution >= 0.6 is 0 Å². The molecular weight excluding hydrogens is 262 g/mol. The Hall–Kier alpha value is -1.13. The summed E-state index contributed by atoms with van der Waals surface area (Å²) in [6.45, 7) is 6.17. The van der Waals surface area contributed by atoms with Gasteiger partial charge < -0.3 is 15.4 Å². The molecule has 4 nitrogen and oxygen atoms in total. The van der Waals surface area contributed by atoms with Gasteiger partial charge >= 0.3 is 0 Å². The van der Waals surface area contributed by atoms with E-state index in [4.69, 9.17) is 9.72 Å². The van der Waals surface area contributed by atoms with Crippen LogP contribution in [0, 0.1) is 6.92 Å². The lowest BCUT2D eigenvalue weighted by Crippen LogP contribution is -2.44. The van der Waals surface area contributed by atoms with Gasteiger partial charge in [0.1, 0.15) is 5.82 Å². The van der Waals surface area contributed by atoms with E-state index in [-0.39, 0.29) is 5.54 Å². The Bertz CT molecular complexity index is 531. The van der Waals surface area contributed by atoms with Crippen molar-refractivity contribution in [1.82, 2.24) is 10.3 Å². The minimum atomic E-state index is 0.257. The fraction of sp³-hybridized carbons (Fsp3) is 0.706. The molecule has 4 heterocycles. The van der Waals surface area contributed by atoms with E-state index < -0.39 is 0 Å². The summed E-state index contributed by atoms with van der Waals surface area (Å²) in [7, 11) is 0. The molecule has 2 N–H and O–H groups in total. The van der Waals surface area contributed by atoms with Crippen LogP contribution in [0.4, 0.5) is 5.82 Å². The Labute approximate surface area is 126 Å². The maximum Gasteiger partial charge on any atom is 0.129 e. The van der Waals surface area contributed by atoms with E-state index in [2.05, 4.69) is 23.6 Å². The minimum absolute atomic E-state index is 0.257. The third-order valence-corrected chi connectivity index (χ3v) is 5.49. The maximum absolute atomic E-state index is 5.50. The van der Waals surface area contributed by atoms with Crippen LogP contribution in [0.15, 0.2) is 6.07 Å². The number of hydrogen-bond acceptors (Lipinski definition) is 4. The second-order valence-electron chi connectivity index (χ2n) is 6.89. The number of aromatic nitrogens is 1. The van der Waals surface area contributed by atoms with Crippen LogP contribution in [0.1, 0.15) is 48.4 Å². The fourth-order valence-electron chi connectivity index (χ4n) is 4.14. The molecule has 1 aromatic heterocycles. The number of nitrogens with zero attached hydrogens (tertiary/aromatic N) is 1. The summed E-state index contributed by atoms with van der Waals surface area (Å²) in [5, 5.41) is 7.23. The molecule has 3 aliphatic heterocycles. The van der Waals surface area contributed by atoms with Crippen molar-refractivity contribution >= 4 is 5.82 Å². The van der Waals surface area contributed by atoms with Gasteiger partial charge in [-0.25, -0.2) is 4.98 Å². The first-order chi connectivity index (χ1) is 10.3. The highest BCUT2D eigenvalue weighted by molar-refractivity contribution is 5.53. The van der Waals surface area contributed by atoms with Crippen molar-refractivity contribution in [3.05, 3.63) is 22.9 Å². The van der Waals surface area contributed by atoms with Gasteiger partial charge in [-0.15, -0.1) is 0 Å². The SMILES string of the molecule is Cc1nc2c(cc1C1CCOCC1)CC[C@@]1(CCNC1)N2. The molecule has 3 aliphatic rings. The number of hydrogen-bond donors (Lipinski definition) is 2. The van der Waals surface area contributed by atoms with Crippen molar-refractivity contribution in [2.75, 3.05) is 31.6 Å². The third-order valence-electron chi connectivity index (χ3n) is 5.49. The van der Waals surface area contributed by atoms with Crippen molar-refractivity contribution in [2.24, 2.45) is 0 Å². The van der Waals surface area contributed by atoms with Crippen LogP contribution in [0.5, 0.6) is 0 Å². The Morgan fingerprint density at radius 2 is 2.14 bits per heavy atom. The number of anilines is 1. The fourth-order valence-corrected chi connectivity index (χ4v) is 4.14. The smallest absolute Gasteiger partial charge is 0.129 e. The highest BCUT2D eigenvalue weighted by Crippen LogP contribution is 2.37. The van der Waals surface area contributed by atoms with Crippen molar-refractivity contribution in [2.45, 2.75) is 50.5 Å². The van der Waals surface area contributed by atoms with Gasteiger partial charge in [-0.3, -0.25) is 0 Å². The molecule has 0 unspecified atom stereocenters. The number of rotatable bonds is 1. The number of fused-ring (bicyclic) bond motifs is 1. The average Bonchev–Trinajstić information content (AvgIpc) is 2.95. The average molecular weight is 287 g/mol. The molecule has 1 atom stereocenters. The highest BCUT2D eigenvalue weighted by atomic mass is 16.5. The number of pyridine rings is 1. The van der Waals surface area contributed by atoms with Crippen LogP contribution in [-0.4, -0.2) is 36.8 Å². The molecule has 1 spiro atoms. The quantitative estimate of drug-likeness (QED) is 0.832. The molecular formula is C17H25N3O. The first-order valence-corrected chi connectivity index (χ1v) is 8.33. The Morgan fingerprint density at radius 1 is 1.29 bits per heavy atom. The van der Waals surface area contributed by atoms with E-state index in [1.165, 1.54) is 29.7 Å². The van der Waals surface area contributed by atoms with Crippen LogP contribution in [0.3, 0.4) is 0 Å². The van der Waals surface area contributed by atoms with Crippen molar-refractivity contribution < 1.29 is 4.74 Å². The molecule has 0 saturated carbocycles. The normalized spacial score (nSPS) is 29.4. The zero-order valence-corrected chi connectivity index (χ0v) is 12.9. The van der Waals surface area contributed by atoms with Crippen LogP contribution in [-0.2, 0) is 11.2 Å². The highest BCUT2D eigenvalue weighted by Gasteiger charge is 2.37. The van der Waals surface area contributed by atoms with E-state index in [1.807, 2.05) is 0 Å². The summed E-state index contributed by atoms with van der Waals surface area (Å²) in [6, 6.07) is 2.43. The summed E-state index contributed by atoms with van der Waals surface area (Å²) in [5.41, 5.74) is 4.34. The number of ether oxygens (including phenoxy) is 1. The molecule has 114 valence electrons. The van der Waals surface area contributed by atoms with E-state index in [9.17, 15) is 0 Å². The molecule has 0 bridgehead atoms. The molecule has 2 fully saturated rings. The van der Waals surface area contributed by atoms with Gasteiger partial charge in [0, 0.05) is 25.5 Å². The zero-order chi connectivity index (χ0) is 14.3. The second kappa shape index (κ2) is 5.25. The van der Waals surface area contributed by atoms with Gasteiger partial charge in [0.05, 0.1) is 5.54 Å². The van der Waals surface area contributed by atoms with E-state index in [0.717, 1.165) is 51.4 Å². The summed E-state index contributed by atoms with van der Waals surface area (Å²) < 4.78 is 5.50. The molecule has 4 heteroatoms. The number of nitrogens with one attached hydrogen (secondary N) is 2. The lowest BCUT2D eigenvalue weighted by molar-refractivity contribution is 0.0851. The van der Waals surface area contributed by atoms with Crippen LogP contribution in [0.25, 0.3) is 0 Å². The Balaban J connectivity index is 1.62. The molecule has 0 radical (unpaired) electrons. The molecule has 0 amide bonds. The largest absolute Gasteiger partial charge is 0.381 e. The third kappa shape index (κ3) is 2.44. The van der Waals surface area contributed by atoms with Gasteiger partial charge in [-0.05, 0) is 62.6 Å². The van der Waals surface area contributed by atoms with Crippen molar-refractivity contribution in [3.8, 4) is 0 Å². The Morgan fingerprint density at radius 3 is 2.90 bits per heavy atom. The molecule has 2 saturated heterocycles. The summed E-state index contributed by atoms with van der Waals surface area (Å²) >= 11 is 0. The standard InChI is InChI=1S/C17H25N3O/c1-12-15(13-3-8-21-9-4-13)10-14-2-5-17(6-7-18-11-17)20-16(14)19-12/h10,13,18H,2-9,11H2,1H3,(H,19,20)/t17-/m0/s1. The lowest BCUT2D eigenvalue weighted by atomic mass is 9.84. The van der Waals surface area contributed by atoms with Gasteiger partial charge in [0.25, 0.3) is 0 Å². The summed E-state index contributed by atoms with van der Waals surface area (Å²) in [4.78, 5) is 4.93. The monoisotopic (exact) mass is 287 g/mol. The minimum Gasteiger partial charge on any atom is -0.381 e. The van der Waals surface area contributed by atoms with Crippen LogP contribution < -0.4 is 10.6 Å². The number of aryl methyl sites for hydroxylation is 2. The van der Waals surface area contributed by atoms with Gasteiger partial charge in [-0.2, -0.15) is 0 Å². The molecule has 1 aromatic rings. The lowest BCUT2D eigenvalue weighted by Gasteiger charge is -2.36.